The van der Waals surface area contributed by atoms with Crippen LogP contribution in [0.4, 0.5) is 0 Å². The van der Waals surface area contributed by atoms with Gasteiger partial charge in [0.1, 0.15) is 0 Å². The molecule has 80 valence electrons. The Morgan fingerprint density at radius 3 is 1.62 bits per heavy atom. The van der Waals surface area contributed by atoms with Crippen molar-refractivity contribution in [3.05, 3.63) is 0 Å². The Morgan fingerprint density at radius 1 is 0.923 bits per heavy atom. The third-order valence-corrected chi connectivity index (χ3v) is 3.20. The monoisotopic (exact) mass is 204 g/mol. The molecule has 0 radical (unpaired) electrons. The van der Waals surface area contributed by atoms with Crippen molar-refractivity contribution < 1.29 is 0 Å². The van der Waals surface area contributed by atoms with Crippen LogP contribution in [0.15, 0.2) is 0 Å². The molecule has 0 heterocycles. The third kappa shape index (κ3) is 8.60. The van der Waals surface area contributed by atoms with Gasteiger partial charge in [0.05, 0.1) is 10.7 Å². The van der Waals surface area contributed by atoms with E-state index in [0.29, 0.717) is 0 Å². The van der Waals surface area contributed by atoms with Crippen LogP contribution >= 0.6 is 11.8 Å². The molecule has 2 nitrogen and oxygen atoms in total. The molecule has 4 N–H and O–H groups in total. The first-order valence-corrected chi connectivity index (χ1v) is 6.31. The molecule has 3 heteroatoms. The molecule has 0 saturated carbocycles. The van der Waals surface area contributed by atoms with Gasteiger partial charge in [0.25, 0.3) is 0 Å². The van der Waals surface area contributed by atoms with Crippen molar-refractivity contribution in [3.8, 4) is 0 Å². The normalized spacial score (nSPS) is 15.7. The topological polar surface area (TPSA) is 52.0 Å². The van der Waals surface area contributed by atoms with Crippen LogP contribution in [0.2, 0.25) is 0 Å². The van der Waals surface area contributed by atoms with Gasteiger partial charge < -0.3 is 11.5 Å². The number of thioether (sulfide) groups is 1. The molecule has 2 unspecified atom stereocenters. The molecule has 0 saturated heterocycles. The quantitative estimate of drug-likeness (QED) is 0.598. The number of hydrogen-bond donors (Lipinski definition) is 2. The Bertz CT molecular complexity index is 97.1. The SMILES string of the molecule is CCCCC(N)SC(N)CCCC. The Morgan fingerprint density at radius 2 is 1.31 bits per heavy atom. The first-order chi connectivity index (χ1) is 6.20. The third-order valence-electron chi connectivity index (χ3n) is 2.03. The zero-order valence-electron chi connectivity index (χ0n) is 8.96. The maximum atomic E-state index is 5.92. The van der Waals surface area contributed by atoms with Gasteiger partial charge in [-0.05, 0) is 12.8 Å². The summed E-state index contributed by atoms with van der Waals surface area (Å²) in [7, 11) is 0. The van der Waals surface area contributed by atoms with E-state index in [1.807, 2.05) is 0 Å². The van der Waals surface area contributed by atoms with Crippen LogP contribution in [0.5, 0.6) is 0 Å². The molecule has 2 atom stereocenters. The van der Waals surface area contributed by atoms with Crippen molar-refractivity contribution in [3.63, 3.8) is 0 Å². The molecule has 0 amide bonds. The highest BCUT2D eigenvalue weighted by Gasteiger charge is 2.08. The fourth-order valence-electron chi connectivity index (χ4n) is 1.17. The van der Waals surface area contributed by atoms with Crippen LogP contribution in [0.25, 0.3) is 0 Å². The second kappa shape index (κ2) is 8.85. The summed E-state index contributed by atoms with van der Waals surface area (Å²) < 4.78 is 0. The average Bonchev–Trinajstić information content (AvgIpc) is 2.11. The van der Waals surface area contributed by atoms with Crippen molar-refractivity contribution in [1.82, 2.24) is 0 Å². The second-order valence-corrected chi connectivity index (χ2v) is 4.98. The van der Waals surface area contributed by atoms with Crippen LogP contribution in [0, 0.1) is 0 Å². The molecule has 0 aliphatic rings. The number of hydrogen-bond acceptors (Lipinski definition) is 3. The molecule has 13 heavy (non-hydrogen) atoms. The summed E-state index contributed by atoms with van der Waals surface area (Å²) >= 11 is 1.74. The van der Waals surface area contributed by atoms with Crippen molar-refractivity contribution >= 4 is 11.8 Å². The Labute approximate surface area is 86.8 Å². The minimum Gasteiger partial charge on any atom is -0.319 e. The number of rotatable bonds is 8. The van der Waals surface area contributed by atoms with Crippen molar-refractivity contribution in [1.29, 1.82) is 0 Å². The van der Waals surface area contributed by atoms with Gasteiger partial charge in [-0.1, -0.05) is 39.5 Å². The van der Waals surface area contributed by atoms with E-state index >= 15 is 0 Å². The maximum Gasteiger partial charge on any atom is 0.0522 e. The van der Waals surface area contributed by atoms with Crippen LogP contribution < -0.4 is 11.5 Å². The molecule has 0 aromatic heterocycles. The molecule has 0 fully saturated rings. The van der Waals surface area contributed by atoms with E-state index in [9.17, 15) is 0 Å². The van der Waals surface area contributed by atoms with E-state index in [4.69, 9.17) is 11.5 Å². The van der Waals surface area contributed by atoms with E-state index in [1.54, 1.807) is 11.8 Å². The van der Waals surface area contributed by atoms with Crippen LogP contribution in [0.3, 0.4) is 0 Å². The lowest BCUT2D eigenvalue weighted by atomic mass is 10.2. The highest BCUT2D eigenvalue weighted by atomic mass is 32.2. The molecule has 0 aromatic carbocycles. The molecule has 0 spiro atoms. The van der Waals surface area contributed by atoms with Crippen molar-refractivity contribution in [2.75, 3.05) is 0 Å². The molecule has 0 aliphatic heterocycles. The van der Waals surface area contributed by atoms with Crippen molar-refractivity contribution in [2.24, 2.45) is 11.5 Å². The standard InChI is InChI=1S/C10H24N2S/c1-3-5-7-9(11)13-10(12)8-6-4-2/h9-10H,3-8,11-12H2,1-2H3. The number of nitrogens with two attached hydrogens (primary N) is 2. The van der Waals surface area contributed by atoms with Crippen LogP contribution in [0.1, 0.15) is 52.4 Å². The molecule has 0 aliphatic carbocycles. The predicted octanol–water partition coefficient (Wildman–Crippen LogP) is 2.67. The predicted molar refractivity (Wildman–Crippen MR) is 62.6 cm³/mol. The fraction of sp³-hybridized carbons (Fsp3) is 1.00. The summed E-state index contributed by atoms with van der Waals surface area (Å²) in [6.07, 6.45) is 7.07. The first kappa shape index (κ1) is 13.3. The van der Waals surface area contributed by atoms with Crippen LogP contribution in [-0.4, -0.2) is 10.7 Å². The zero-order chi connectivity index (χ0) is 10.1. The molecular formula is C10H24N2S. The second-order valence-electron chi connectivity index (χ2n) is 3.50. The minimum absolute atomic E-state index is 0.242. The smallest absolute Gasteiger partial charge is 0.0522 e. The summed E-state index contributed by atoms with van der Waals surface area (Å²) in [5.74, 6) is 0. The summed E-state index contributed by atoms with van der Waals surface area (Å²) in [4.78, 5) is 0. The summed E-state index contributed by atoms with van der Waals surface area (Å²) in [5, 5.41) is 0.485. The van der Waals surface area contributed by atoms with E-state index in [-0.39, 0.29) is 10.7 Å². The van der Waals surface area contributed by atoms with E-state index in [0.717, 1.165) is 12.8 Å². The highest BCUT2D eigenvalue weighted by molar-refractivity contribution is 8.00. The van der Waals surface area contributed by atoms with Gasteiger partial charge in [-0.15, -0.1) is 11.8 Å². The van der Waals surface area contributed by atoms with Crippen LogP contribution in [-0.2, 0) is 0 Å². The highest BCUT2D eigenvalue weighted by Crippen LogP contribution is 2.18. The molecule has 0 aromatic rings. The van der Waals surface area contributed by atoms with E-state index in [1.165, 1.54) is 25.7 Å². The fourth-order valence-corrected chi connectivity index (χ4v) is 2.23. The largest absolute Gasteiger partial charge is 0.319 e. The van der Waals surface area contributed by atoms with Gasteiger partial charge in [0.2, 0.25) is 0 Å². The summed E-state index contributed by atoms with van der Waals surface area (Å²) in [6.45, 7) is 4.38. The molecule has 0 rings (SSSR count). The molecule has 0 bridgehead atoms. The van der Waals surface area contributed by atoms with Gasteiger partial charge >= 0.3 is 0 Å². The van der Waals surface area contributed by atoms with Gasteiger partial charge in [-0.3, -0.25) is 0 Å². The lowest BCUT2D eigenvalue weighted by Gasteiger charge is -2.16. The summed E-state index contributed by atoms with van der Waals surface area (Å²) in [6, 6.07) is 0. The van der Waals surface area contributed by atoms with Gasteiger partial charge in [-0.25, -0.2) is 0 Å². The van der Waals surface area contributed by atoms with Gasteiger partial charge in [0.15, 0.2) is 0 Å². The summed E-state index contributed by atoms with van der Waals surface area (Å²) in [5.41, 5.74) is 11.8. The first-order valence-electron chi connectivity index (χ1n) is 5.37. The minimum atomic E-state index is 0.242. The molecular weight excluding hydrogens is 180 g/mol. The average molecular weight is 204 g/mol. The maximum absolute atomic E-state index is 5.92. The zero-order valence-corrected chi connectivity index (χ0v) is 9.78. The van der Waals surface area contributed by atoms with Gasteiger partial charge in [-0.2, -0.15) is 0 Å². The lowest BCUT2D eigenvalue weighted by molar-refractivity contribution is 0.674. The number of unbranched alkanes of at least 4 members (excludes halogenated alkanes) is 2. The van der Waals surface area contributed by atoms with E-state index < -0.39 is 0 Å². The lowest BCUT2D eigenvalue weighted by Crippen LogP contribution is -2.25. The Balaban J connectivity index is 3.35. The Hall–Kier alpha value is 0.270. The van der Waals surface area contributed by atoms with Gasteiger partial charge in [0, 0.05) is 0 Å². The Kier molecular flexibility index (Phi) is 9.03. The van der Waals surface area contributed by atoms with Crippen molar-refractivity contribution in [2.45, 2.75) is 63.1 Å². The van der Waals surface area contributed by atoms with E-state index in [2.05, 4.69) is 13.8 Å².